The topological polar surface area (TPSA) is 56.1 Å². The molecule has 4 atom stereocenters. The zero-order valence-corrected chi connectivity index (χ0v) is 11.2. The smallest absolute Gasteiger partial charge is 0.239 e. The molecule has 20 heavy (non-hydrogen) atoms. The molecule has 4 nitrogen and oxygen atoms in total. The van der Waals surface area contributed by atoms with Crippen molar-refractivity contribution in [3.63, 3.8) is 0 Å². The number of benzene rings is 1. The van der Waals surface area contributed by atoms with Gasteiger partial charge in [-0.05, 0) is 42.4 Å². The van der Waals surface area contributed by atoms with Crippen molar-refractivity contribution < 1.29 is 4.79 Å². The number of amides is 1. The van der Waals surface area contributed by atoms with Crippen molar-refractivity contribution in [1.29, 1.82) is 5.26 Å². The van der Waals surface area contributed by atoms with E-state index >= 15 is 0 Å². The fourth-order valence-corrected chi connectivity index (χ4v) is 4.31. The maximum atomic E-state index is 12.3. The predicted octanol–water partition coefficient (Wildman–Crippen LogP) is 1.79. The number of hydrogen-bond acceptors (Lipinski definition) is 3. The average molecular weight is 267 g/mol. The molecular formula is C16H17N3O. The van der Waals surface area contributed by atoms with Crippen LogP contribution in [0.3, 0.4) is 0 Å². The van der Waals surface area contributed by atoms with Crippen molar-refractivity contribution in [2.24, 2.45) is 11.8 Å². The molecule has 3 aliphatic rings. The summed E-state index contributed by atoms with van der Waals surface area (Å²) in [6.45, 7) is 1.01. The van der Waals surface area contributed by atoms with Gasteiger partial charge in [-0.2, -0.15) is 5.26 Å². The fourth-order valence-electron chi connectivity index (χ4n) is 4.31. The van der Waals surface area contributed by atoms with Gasteiger partial charge in [-0.25, -0.2) is 0 Å². The van der Waals surface area contributed by atoms with Crippen LogP contribution in [-0.4, -0.2) is 23.4 Å². The first kappa shape index (κ1) is 11.9. The lowest BCUT2D eigenvalue weighted by atomic mass is 9.94. The molecule has 2 aliphatic heterocycles. The molecule has 1 aliphatic carbocycles. The highest BCUT2D eigenvalue weighted by molar-refractivity contribution is 5.85. The SMILES string of the molecule is N#Cc1cccc(C2NC(=O)C3C4CCCC4CN23)c1. The third-order valence-corrected chi connectivity index (χ3v) is 5.14. The maximum Gasteiger partial charge on any atom is 0.239 e. The molecule has 0 radical (unpaired) electrons. The van der Waals surface area contributed by atoms with Gasteiger partial charge < -0.3 is 5.32 Å². The summed E-state index contributed by atoms with van der Waals surface area (Å²) in [7, 11) is 0. The molecule has 1 aromatic carbocycles. The van der Waals surface area contributed by atoms with Crippen LogP contribution in [0.15, 0.2) is 24.3 Å². The molecule has 4 heteroatoms. The van der Waals surface area contributed by atoms with E-state index in [1.165, 1.54) is 19.3 Å². The standard InChI is InChI=1S/C16H17N3O/c17-8-10-3-1-4-11(7-10)15-18-16(20)14-13-6-2-5-12(13)9-19(14)15/h1,3-4,7,12-15H,2,5-6,9H2,(H,18,20). The van der Waals surface area contributed by atoms with Crippen molar-refractivity contribution in [3.05, 3.63) is 35.4 Å². The summed E-state index contributed by atoms with van der Waals surface area (Å²) in [5.41, 5.74) is 1.68. The predicted molar refractivity (Wildman–Crippen MR) is 73.4 cm³/mol. The summed E-state index contributed by atoms with van der Waals surface area (Å²) in [4.78, 5) is 14.6. The average Bonchev–Trinajstić information content (AvgIpc) is 3.11. The van der Waals surface area contributed by atoms with E-state index in [4.69, 9.17) is 5.26 Å². The molecular weight excluding hydrogens is 250 g/mol. The van der Waals surface area contributed by atoms with Gasteiger partial charge >= 0.3 is 0 Å². The quantitative estimate of drug-likeness (QED) is 0.844. The van der Waals surface area contributed by atoms with Crippen LogP contribution in [0, 0.1) is 23.2 Å². The first-order valence-corrected chi connectivity index (χ1v) is 7.34. The number of nitriles is 1. The maximum absolute atomic E-state index is 12.3. The number of hydrogen-bond donors (Lipinski definition) is 1. The van der Waals surface area contributed by atoms with E-state index in [2.05, 4.69) is 16.3 Å². The van der Waals surface area contributed by atoms with Crippen LogP contribution in [0.1, 0.15) is 36.6 Å². The minimum Gasteiger partial charge on any atom is -0.335 e. The highest BCUT2D eigenvalue weighted by atomic mass is 16.2. The first-order chi connectivity index (χ1) is 9.78. The highest BCUT2D eigenvalue weighted by Gasteiger charge is 2.54. The largest absolute Gasteiger partial charge is 0.335 e. The van der Waals surface area contributed by atoms with Crippen molar-refractivity contribution >= 4 is 5.91 Å². The summed E-state index contributed by atoms with van der Waals surface area (Å²) in [6, 6.07) is 9.81. The van der Waals surface area contributed by atoms with E-state index in [0.717, 1.165) is 12.1 Å². The van der Waals surface area contributed by atoms with Gasteiger partial charge in [-0.1, -0.05) is 18.6 Å². The lowest BCUT2D eigenvalue weighted by Gasteiger charge is -2.23. The summed E-state index contributed by atoms with van der Waals surface area (Å²) in [6.07, 6.45) is 3.66. The third-order valence-electron chi connectivity index (χ3n) is 5.14. The molecule has 2 heterocycles. The molecule has 1 N–H and O–H groups in total. The fraction of sp³-hybridized carbons (Fsp3) is 0.500. The number of nitrogens with zero attached hydrogens (tertiary/aromatic N) is 2. The monoisotopic (exact) mass is 267 g/mol. The van der Waals surface area contributed by atoms with Crippen molar-refractivity contribution in [2.75, 3.05) is 6.54 Å². The summed E-state index contributed by atoms with van der Waals surface area (Å²) < 4.78 is 0. The Bertz CT molecular complexity index is 606. The van der Waals surface area contributed by atoms with Crippen LogP contribution in [-0.2, 0) is 4.79 Å². The molecule has 4 unspecified atom stereocenters. The molecule has 0 aromatic heterocycles. The second-order valence-electron chi connectivity index (χ2n) is 6.14. The van der Waals surface area contributed by atoms with Crippen LogP contribution < -0.4 is 5.32 Å². The van der Waals surface area contributed by atoms with Gasteiger partial charge in [0.2, 0.25) is 5.91 Å². The zero-order valence-electron chi connectivity index (χ0n) is 11.2. The van der Waals surface area contributed by atoms with Crippen molar-refractivity contribution in [3.8, 4) is 6.07 Å². The molecule has 1 saturated carbocycles. The van der Waals surface area contributed by atoms with E-state index in [9.17, 15) is 4.79 Å². The number of carbonyl (C=O) groups excluding carboxylic acids is 1. The Morgan fingerprint density at radius 3 is 3.10 bits per heavy atom. The lowest BCUT2D eigenvalue weighted by Crippen LogP contribution is -2.32. The molecule has 1 aromatic rings. The van der Waals surface area contributed by atoms with Gasteiger partial charge in [0.05, 0.1) is 17.7 Å². The summed E-state index contributed by atoms with van der Waals surface area (Å²) >= 11 is 0. The second kappa shape index (κ2) is 4.32. The summed E-state index contributed by atoms with van der Waals surface area (Å²) in [5, 5.41) is 12.1. The van der Waals surface area contributed by atoms with Crippen molar-refractivity contribution in [1.82, 2.24) is 10.2 Å². The van der Waals surface area contributed by atoms with Crippen LogP contribution in [0.5, 0.6) is 0 Å². The Morgan fingerprint density at radius 1 is 1.35 bits per heavy atom. The van der Waals surface area contributed by atoms with E-state index < -0.39 is 0 Å². The van der Waals surface area contributed by atoms with Crippen LogP contribution in [0.4, 0.5) is 0 Å². The molecule has 102 valence electrons. The van der Waals surface area contributed by atoms with Gasteiger partial charge in [0.25, 0.3) is 0 Å². The molecule has 1 amide bonds. The zero-order chi connectivity index (χ0) is 13.7. The third kappa shape index (κ3) is 1.60. The summed E-state index contributed by atoms with van der Waals surface area (Å²) in [5.74, 6) is 1.40. The van der Waals surface area contributed by atoms with Crippen LogP contribution in [0.2, 0.25) is 0 Å². The number of fused-ring (bicyclic) bond motifs is 3. The Balaban J connectivity index is 1.67. The molecule has 0 bridgehead atoms. The second-order valence-corrected chi connectivity index (χ2v) is 6.14. The minimum atomic E-state index is -0.0496. The minimum absolute atomic E-state index is 0.0496. The lowest BCUT2D eigenvalue weighted by molar-refractivity contribution is -0.122. The number of rotatable bonds is 1. The highest BCUT2D eigenvalue weighted by Crippen LogP contribution is 2.47. The Labute approximate surface area is 118 Å². The van der Waals surface area contributed by atoms with Crippen LogP contribution in [0.25, 0.3) is 0 Å². The van der Waals surface area contributed by atoms with Crippen molar-refractivity contribution in [2.45, 2.75) is 31.5 Å². The Hall–Kier alpha value is -1.86. The van der Waals surface area contributed by atoms with E-state index in [0.29, 0.717) is 17.4 Å². The molecule has 2 saturated heterocycles. The van der Waals surface area contributed by atoms with Gasteiger partial charge in [-0.15, -0.1) is 0 Å². The van der Waals surface area contributed by atoms with Gasteiger partial charge in [0.15, 0.2) is 0 Å². The van der Waals surface area contributed by atoms with Gasteiger partial charge in [-0.3, -0.25) is 9.69 Å². The first-order valence-electron chi connectivity index (χ1n) is 7.34. The van der Waals surface area contributed by atoms with Crippen LogP contribution >= 0.6 is 0 Å². The molecule has 4 rings (SSSR count). The Kier molecular flexibility index (Phi) is 2.58. The van der Waals surface area contributed by atoms with E-state index in [1.54, 1.807) is 6.07 Å². The van der Waals surface area contributed by atoms with Gasteiger partial charge in [0, 0.05) is 6.54 Å². The molecule has 3 fully saturated rings. The number of nitrogens with one attached hydrogen (secondary N) is 1. The normalized spacial score (nSPS) is 35.5. The Morgan fingerprint density at radius 2 is 2.25 bits per heavy atom. The van der Waals surface area contributed by atoms with E-state index in [1.807, 2.05) is 18.2 Å². The van der Waals surface area contributed by atoms with E-state index in [-0.39, 0.29) is 18.1 Å². The number of carbonyl (C=O) groups is 1. The molecule has 0 spiro atoms. The van der Waals surface area contributed by atoms with Gasteiger partial charge in [0.1, 0.15) is 6.17 Å².